The van der Waals surface area contributed by atoms with E-state index in [1.807, 2.05) is 4.68 Å². The van der Waals surface area contributed by atoms with Gasteiger partial charge in [0.25, 0.3) is 0 Å². The second kappa shape index (κ2) is 5.81. The lowest BCUT2D eigenvalue weighted by atomic mass is 10.2. The van der Waals surface area contributed by atoms with Gasteiger partial charge in [-0.05, 0) is 5.92 Å². The molecule has 2 amide bonds. The lowest BCUT2D eigenvalue weighted by molar-refractivity contribution is -0.130. The smallest absolute Gasteiger partial charge is 0.242 e. The molecule has 7 heteroatoms. The quantitative estimate of drug-likeness (QED) is 0.816. The fourth-order valence-corrected chi connectivity index (χ4v) is 1.98. The molecule has 0 saturated carbocycles. The number of amides is 2. The van der Waals surface area contributed by atoms with E-state index in [9.17, 15) is 9.59 Å². The molecule has 0 aliphatic carbocycles. The van der Waals surface area contributed by atoms with Crippen molar-refractivity contribution in [3.63, 3.8) is 0 Å². The molecule has 7 nitrogen and oxygen atoms in total. The summed E-state index contributed by atoms with van der Waals surface area (Å²) in [5, 5.41) is 6.75. The molecule has 1 aromatic rings. The summed E-state index contributed by atoms with van der Waals surface area (Å²) in [5.41, 5.74) is 0. The Morgan fingerprint density at radius 3 is 2.95 bits per heavy atom. The Labute approximate surface area is 112 Å². The maximum atomic E-state index is 11.9. The van der Waals surface area contributed by atoms with Crippen molar-refractivity contribution in [1.29, 1.82) is 0 Å². The van der Waals surface area contributed by atoms with Gasteiger partial charge in [-0.3, -0.25) is 9.59 Å². The van der Waals surface area contributed by atoms with Crippen molar-refractivity contribution in [2.45, 2.75) is 33.4 Å². The van der Waals surface area contributed by atoms with Crippen LogP contribution < -0.4 is 5.32 Å². The zero-order chi connectivity index (χ0) is 13.8. The van der Waals surface area contributed by atoms with Gasteiger partial charge >= 0.3 is 0 Å². The molecule has 0 aromatic carbocycles. The number of rotatable bonds is 4. The molecule has 1 saturated heterocycles. The lowest BCUT2D eigenvalue weighted by Gasteiger charge is -2.19. The van der Waals surface area contributed by atoms with E-state index in [1.54, 1.807) is 4.90 Å². The Bertz CT molecular complexity index is 468. The van der Waals surface area contributed by atoms with Crippen LogP contribution in [0.15, 0.2) is 6.33 Å². The first-order chi connectivity index (χ1) is 9.06. The number of carbonyl (C=O) groups excluding carboxylic acids is 2. The van der Waals surface area contributed by atoms with Gasteiger partial charge in [0.2, 0.25) is 11.8 Å². The zero-order valence-electron chi connectivity index (χ0n) is 11.3. The standard InChI is InChI=1S/C12H19N5O2/c1-9(2)6-17-10(14-8-15-17)7-16-4-3-11(18)13-5-12(16)19/h8-9H,3-7H2,1-2H3,(H,13,18). The Hall–Kier alpha value is -1.92. The first kappa shape index (κ1) is 13.5. The number of aromatic nitrogens is 3. The average Bonchev–Trinajstić information content (AvgIpc) is 2.70. The second-order valence-corrected chi connectivity index (χ2v) is 5.09. The maximum Gasteiger partial charge on any atom is 0.242 e. The highest BCUT2D eigenvalue weighted by molar-refractivity contribution is 5.87. The van der Waals surface area contributed by atoms with Crippen LogP contribution in [0, 0.1) is 5.92 Å². The summed E-state index contributed by atoms with van der Waals surface area (Å²) >= 11 is 0. The highest BCUT2D eigenvalue weighted by Gasteiger charge is 2.21. The minimum atomic E-state index is -0.0838. The van der Waals surface area contributed by atoms with Crippen LogP contribution in [0.1, 0.15) is 26.1 Å². The van der Waals surface area contributed by atoms with Crippen LogP contribution in [0.2, 0.25) is 0 Å². The van der Waals surface area contributed by atoms with E-state index in [-0.39, 0.29) is 18.4 Å². The van der Waals surface area contributed by atoms with Gasteiger partial charge in [0.1, 0.15) is 12.2 Å². The van der Waals surface area contributed by atoms with Crippen molar-refractivity contribution in [1.82, 2.24) is 25.0 Å². The predicted octanol–water partition coefficient (Wildman–Crippen LogP) is -0.217. The van der Waals surface area contributed by atoms with Crippen molar-refractivity contribution >= 4 is 11.8 Å². The van der Waals surface area contributed by atoms with Crippen LogP contribution in [-0.2, 0) is 22.7 Å². The molecule has 0 radical (unpaired) electrons. The van der Waals surface area contributed by atoms with Crippen LogP contribution in [0.25, 0.3) is 0 Å². The van der Waals surface area contributed by atoms with Crippen molar-refractivity contribution < 1.29 is 9.59 Å². The molecule has 19 heavy (non-hydrogen) atoms. The number of nitrogens with one attached hydrogen (secondary N) is 1. The summed E-state index contributed by atoms with van der Waals surface area (Å²) in [5.74, 6) is 1.06. The second-order valence-electron chi connectivity index (χ2n) is 5.09. The maximum absolute atomic E-state index is 11.9. The molecule has 0 unspecified atom stereocenters. The van der Waals surface area contributed by atoms with Crippen molar-refractivity contribution in [3.8, 4) is 0 Å². The van der Waals surface area contributed by atoms with Gasteiger partial charge < -0.3 is 10.2 Å². The Balaban J connectivity index is 2.05. The molecule has 2 rings (SSSR count). The number of nitrogens with zero attached hydrogens (tertiary/aromatic N) is 4. The topological polar surface area (TPSA) is 80.1 Å². The molecule has 1 aromatic heterocycles. The third kappa shape index (κ3) is 3.52. The summed E-state index contributed by atoms with van der Waals surface area (Å²) in [6, 6.07) is 0. The normalized spacial score (nSPS) is 16.7. The molecule has 1 fully saturated rings. The monoisotopic (exact) mass is 265 g/mol. The summed E-state index contributed by atoms with van der Waals surface area (Å²) in [7, 11) is 0. The average molecular weight is 265 g/mol. The van der Waals surface area contributed by atoms with Gasteiger partial charge in [-0.25, -0.2) is 9.67 Å². The van der Waals surface area contributed by atoms with E-state index in [1.165, 1.54) is 6.33 Å². The number of hydrogen-bond donors (Lipinski definition) is 1. The van der Waals surface area contributed by atoms with Crippen LogP contribution in [0.3, 0.4) is 0 Å². The highest BCUT2D eigenvalue weighted by atomic mass is 16.2. The van der Waals surface area contributed by atoms with E-state index < -0.39 is 0 Å². The van der Waals surface area contributed by atoms with Crippen molar-refractivity contribution in [2.75, 3.05) is 13.1 Å². The fourth-order valence-electron chi connectivity index (χ4n) is 1.98. The third-order valence-corrected chi connectivity index (χ3v) is 2.96. The minimum Gasteiger partial charge on any atom is -0.347 e. The Morgan fingerprint density at radius 1 is 1.42 bits per heavy atom. The summed E-state index contributed by atoms with van der Waals surface area (Å²) in [6.45, 7) is 5.88. The minimum absolute atomic E-state index is 0.0666. The van der Waals surface area contributed by atoms with E-state index >= 15 is 0 Å². The highest BCUT2D eigenvalue weighted by Crippen LogP contribution is 2.07. The van der Waals surface area contributed by atoms with E-state index in [0.29, 0.717) is 25.4 Å². The van der Waals surface area contributed by atoms with Crippen molar-refractivity contribution in [2.24, 2.45) is 5.92 Å². The van der Waals surface area contributed by atoms with Crippen LogP contribution >= 0.6 is 0 Å². The zero-order valence-corrected chi connectivity index (χ0v) is 11.3. The Morgan fingerprint density at radius 2 is 2.21 bits per heavy atom. The molecule has 104 valence electrons. The molecule has 0 atom stereocenters. The summed E-state index contributed by atoms with van der Waals surface area (Å²) in [6.07, 6.45) is 1.84. The van der Waals surface area contributed by atoms with Gasteiger partial charge in [-0.1, -0.05) is 13.8 Å². The molecule has 1 aliphatic heterocycles. The molecular formula is C12H19N5O2. The van der Waals surface area contributed by atoms with Crippen molar-refractivity contribution in [3.05, 3.63) is 12.2 Å². The third-order valence-electron chi connectivity index (χ3n) is 2.96. The largest absolute Gasteiger partial charge is 0.347 e. The molecule has 2 heterocycles. The van der Waals surface area contributed by atoms with Crippen LogP contribution in [-0.4, -0.2) is 44.6 Å². The summed E-state index contributed by atoms with van der Waals surface area (Å²) in [4.78, 5) is 29.0. The molecule has 0 spiro atoms. The van der Waals surface area contributed by atoms with Gasteiger partial charge in [0, 0.05) is 19.5 Å². The fraction of sp³-hybridized carbons (Fsp3) is 0.667. The van der Waals surface area contributed by atoms with Gasteiger partial charge in [-0.15, -0.1) is 0 Å². The van der Waals surface area contributed by atoms with Gasteiger partial charge in [0.15, 0.2) is 0 Å². The van der Waals surface area contributed by atoms with E-state index in [4.69, 9.17) is 0 Å². The molecule has 0 bridgehead atoms. The predicted molar refractivity (Wildman–Crippen MR) is 67.9 cm³/mol. The first-order valence-corrected chi connectivity index (χ1v) is 6.47. The summed E-state index contributed by atoms with van der Waals surface area (Å²) < 4.78 is 1.82. The van der Waals surface area contributed by atoms with Crippen LogP contribution in [0.4, 0.5) is 0 Å². The number of hydrogen-bond acceptors (Lipinski definition) is 4. The first-order valence-electron chi connectivity index (χ1n) is 6.47. The van der Waals surface area contributed by atoms with Crippen LogP contribution in [0.5, 0.6) is 0 Å². The SMILES string of the molecule is CC(C)Cn1ncnc1CN1CCC(=O)NCC1=O. The molecule has 1 N–H and O–H groups in total. The molecular weight excluding hydrogens is 246 g/mol. The van der Waals surface area contributed by atoms with Gasteiger partial charge in [-0.2, -0.15) is 5.10 Å². The lowest BCUT2D eigenvalue weighted by Crippen LogP contribution is -2.35. The molecule has 1 aliphatic rings. The van der Waals surface area contributed by atoms with Gasteiger partial charge in [0.05, 0.1) is 13.1 Å². The van der Waals surface area contributed by atoms with E-state index in [2.05, 4.69) is 29.2 Å². The van der Waals surface area contributed by atoms with E-state index in [0.717, 1.165) is 12.4 Å². The number of carbonyl (C=O) groups is 2. The Kier molecular flexibility index (Phi) is 4.13.